The fraction of sp³-hybridized carbons (Fsp3) is 0.948. The van der Waals surface area contributed by atoms with Crippen LogP contribution in [-0.2, 0) is 65.4 Å². The van der Waals surface area contributed by atoms with Crippen molar-refractivity contribution in [3.8, 4) is 0 Å². The number of ether oxygens (including phenoxy) is 4. The Morgan fingerprint density at radius 1 is 0.281 bits per heavy atom. The Balaban J connectivity index is 5.15. The minimum Gasteiger partial charge on any atom is -0.462 e. The first kappa shape index (κ1) is 94.1. The SMILES string of the molecule is CCCCCCCCCCCCCCCCCCCCCCCCC(=O)O[C@H](COC(=O)CCCCCCCCCCCCCCCCCC)COP(=O)(O)OC[C@@H](O)COP(=O)(O)OC[C@@H](COC(=O)CCCCCCCCCCC)OC(=O)CCCCCCCCC(C)C. The Bertz CT molecular complexity index is 1840. The second-order valence-electron chi connectivity index (χ2n) is 28.2. The van der Waals surface area contributed by atoms with Gasteiger partial charge in [0.05, 0.1) is 26.4 Å². The third-order valence-electron chi connectivity index (χ3n) is 18.0. The average molecular weight is 1410 g/mol. The molecule has 0 fully saturated rings. The topological polar surface area (TPSA) is 237 Å². The molecule has 3 N–H and O–H groups in total. The Morgan fingerprint density at radius 2 is 0.479 bits per heavy atom. The van der Waals surface area contributed by atoms with Crippen molar-refractivity contribution in [2.45, 2.75) is 425 Å². The van der Waals surface area contributed by atoms with E-state index in [4.69, 9.17) is 37.0 Å². The van der Waals surface area contributed by atoms with E-state index in [1.807, 2.05) is 0 Å². The molecule has 96 heavy (non-hydrogen) atoms. The standard InChI is InChI=1S/C77H150O17P2/c1-6-9-12-15-18-21-23-25-27-29-30-31-32-33-34-36-38-40-43-46-52-57-62-76(81)93-72(66-88-75(80)61-56-51-45-42-39-37-35-28-26-24-22-19-16-13-10-7-2)68-91-95(83,84)89-64-71(78)65-90-96(85,86)92-69-73(94-77(82)63-58-53-48-47-49-54-59-70(4)5)67-87-74(79)60-55-50-44-41-20-17-14-11-8-3/h70-73,78H,6-69H2,1-5H3,(H,83,84)(H,85,86)/t71-,72-,73-/m1/s1. The lowest BCUT2D eigenvalue weighted by Gasteiger charge is -2.21. The second kappa shape index (κ2) is 70.1. The van der Waals surface area contributed by atoms with Crippen LogP contribution >= 0.6 is 15.6 Å². The largest absolute Gasteiger partial charge is 0.472 e. The number of esters is 4. The van der Waals surface area contributed by atoms with E-state index in [0.29, 0.717) is 31.6 Å². The van der Waals surface area contributed by atoms with Gasteiger partial charge in [-0.25, -0.2) is 9.13 Å². The number of phosphoric ester groups is 2. The molecular weight excluding hydrogens is 1260 g/mol. The van der Waals surface area contributed by atoms with Crippen LogP contribution in [0.4, 0.5) is 0 Å². The van der Waals surface area contributed by atoms with Crippen LogP contribution in [0.5, 0.6) is 0 Å². The highest BCUT2D eigenvalue weighted by Crippen LogP contribution is 2.45. The lowest BCUT2D eigenvalue weighted by molar-refractivity contribution is -0.161. The van der Waals surface area contributed by atoms with E-state index in [0.717, 1.165) is 89.9 Å². The van der Waals surface area contributed by atoms with Gasteiger partial charge in [-0.2, -0.15) is 0 Å². The van der Waals surface area contributed by atoms with Crippen molar-refractivity contribution < 1.29 is 80.2 Å². The molecule has 0 aliphatic rings. The molecule has 17 nitrogen and oxygen atoms in total. The van der Waals surface area contributed by atoms with Crippen molar-refractivity contribution in [3.63, 3.8) is 0 Å². The van der Waals surface area contributed by atoms with E-state index in [1.54, 1.807) is 0 Å². The number of aliphatic hydroxyl groups is 1. The van der Waals surface area contributed by atoms with Crippen LogP contribution in [0.1, 0.15) is 407 Å². The predicted octanol–water partition coefficient (Wildman–Crippen LogP) is 22.9. The number of hydrogen-bond donors (Lipinski definition) is 3. The summed E-state index contributed by atoms with van der Waals surface area (Å²) in [5, 5.41) is 10.6. The lowest BCUT2D eigenvalue weighted by Crippen LogP contribution is -2.30. The molecule has 0 aromatic carbocycles. The van der Waals surface area contributed by atoms with Crippen molar-refractivity contribution in [1.82, 2.24) is 0 Å². The van der Waals surface area contributed by atoms with Gasteiger partial charge in [0.25, 0.3) is 0 Å². The summed E-state index contributed by atoms with van der Waals surface area (Å²) in [6, 6.07) is 0. The molecule has 0 amide bonds. The Hall–Kier alpha value is -1.94. The monoisotopic (exact) mass is 1410 g/mol. The molecule has 0 radical (unpaired) electrons. The van der Waals surface area contributed by atoms with Gasteiger partial charge in [0, 0.05) is 25.7 Å². The maximum Gasteiger partial charge on any atom is 0.472 e. The van der Waals surface area contributed by atoms with Crippen LogP contribution in [0.3, 0.4) is 0 Å². The number of rotatable bonds is 77. The maximum absolute atomic E-state index is 13.1. The summed E-state index contributed by atoms with van der Waals surface area (Å²) in [6.45, 7) is 7.18. The lowest BCUT2D eigenvalue weighted by atomic mass is 10.0. The molecule has 570 valence electrons. The number of aliphatic hydroxyl groups excluding tert-OH is 1. The van der Waals surface area contributed by atoms with Crippen molar-refractivity contribution in [1.29, 1.82) is 0 Å². The van der Waals surface area contributed by atoms with Gasteiger partial charge in [-0.05, 0) is 31.6 Å². The second-order valence-corrected chi connectivity index (χ2v) is 31.1. The fourth-order valence-corrected chi connectivity index (χ4v) is 13.5. The zero-order chi connectivity index (χ0) is 70.5. The molecule has 0 aliphatic carbocycles. The van der Waals surface area contributed by atoms with Crippen molar-refractivity contribution >= 4 is 39.5 Å². The summed E-state index contributed by atoms with van der Waals surface area (Å²) in [4.78, 5) is 72.7. The van der Waals surface area contributed by atoms with Crippen molar-refractivity contribution in [2.24, 2.45) is 5.92 Å². The summed E-state index contributed by atoms with van der Waals surface area (Å²) in [5.41, 5.74) is 0. The minimum atomic E-state index is -4.96. The zero-order valence-electron chi connectivity index (χ0n) is 62.5. The van der Waals surface area contributed by atoms with E-state index in [1.165, 1.54) is 231 Å². The maximum atomic E-state index is 13.1. The smallest absolute Gasteiger partial charge is 0.462 e. The van der Waals surface area contributed by atoms with Crippen LogP contribution in [0, 0.1) is 5.92 Å². The molecular formula is C77H150O17P2. The zero-order valence-corrected chi connectivity index (χ0v) is 64.3. The molecule has 0 heterocycles. The van der Waals surface area contributed by atoms with Crippen LogP contribution in [0.15, 0.2) is 0 Å². The van der Waals surface area contributed by atoms with Crippen LogP contribution in [0.2, 0.25) is 0 Å². The van der Waals surface area contributed by atoms with Crippen LogP contribution < -0.4 is 0 Å². The van der Waals surface area contributed by atoms with E-state index >= 15 is 0 Å². The first-order valence-electron chi connectivity index (χ1n) is 40.1. The summed E-state index contributed by atoms with van der Waals surface area (Å²) in [6.07, 6.45) is 60.1. The Morgan fingerprint density at radius 3 is 0.708 bits per heavy atom. The molecule has 2 unspecified atom stereocenters. The summed E-state index contributed by atoms with van der Waals surface area (Å²) >= 11 is 0. The Kier molecular flexibility index (Phi) is 68.7. The third kappa shape index (κ3) is 70.5. The van der Waals surface area contributed by atoms with Gasteiger partial charge in [-0.15, -0.1) is 0 Å². The number of unbranched alkanes of at least 4 members (excludes halogenated alkanes) is 49. The highest BCUT2D eigenvalue weighted by molar-refractivity contribution is 7.47. The highest BCUT2D eigenvalue weighted by atomic mass is 31.2. The van der Waals surface area contributed by atoms with Crippen LogP contribution in [-0.4, -0.2) is 96.7 Å². The summed E-state index contributed by atoms with van der Waals surface area (Å²) in [5.74, 6) is -1.45. The number of carbonyl (C=O) groups is 4. The molecule has 5 atom stereocenters. The average Bonchev–Trinajstić information content (AvgIpc) is 2.74. The molecule has 0 aliphatic heterocycles. The molecule has 0 saturated heterocycles. The van der Waals surface area contributed by atoms with Crippen molar-refractivity contribution in [3.05, 3.63) is 0 Å². The minimum absolute atomic E-state index is 0.103. The quantitative estimate of drug-likeness (QED) is 0.0222. The number of phosphoric acid groups is 2. The molecule has 0 aromatic rings. The van der Waals surface area contributed by atoms with Gasteiger partial charge in [-0.1, -0.05) is 356 Å². The van der Waals surface area contributed by atoms with Gasteiger partial charge in [0.1, 0.15) is 19.3 Å². The van der Waals surface area contributed by atoms with Crippen molar-refractivity contribution in [2.75, 3.05) is 39.6 Å². The third-order valence-corrected chi connectivity index (χ3v) is 19.9. The van der Waals surface area contributed by atoms with E-state index in [-0.39, 0.29) is 25.7 Å². The molecule has 0 rings (SSSR count). The van der Waals surface area contributed by atoms with Gasteiger partial charge >= 0.3 is 39.5 Å². The first-order chi connectivity index (χ1) is 46.5. The number of carbonyl (C=O) groups excluding carboxylic acids is 4. The van der Waals surface area contributed by atoms with Gasteiger partial charge in [0.15, 0.2) is 12.2 Å². The molecule has 0 aromatic heterocycles. The highest BCUT2D eigenvalue weighted by Gasteiger charge is 2.30. The molecule has 19 heteroatoms. The van der Waals surface area contributed by atoms with Gasteiger partial charge in [0.2, 0.25) is 0 Å². The van der Waals surface area contributed by atoms with Gasteiger partial charge in [-0.3, -0.25) is 37.3 Å². The van der Waals surface area contributed by atoms with E-state index < -0.39 is 97.5 Å². The van der Waals surface area contributed by atoms with Crippen LogP contribution in [0.25, 0.3) is 0 Å². The fourth-order valence-electron chi connectivity index (χ4n) is 11.9. The van der Waals surface area contributed by atoms with Gasteiger partial charge < -0.3 is 33.8 Å². The van der Waals surface area contributed by atoms with E-state index in [9.17, 15) is 43.2 Å². The molecule has 0 spiro atoms. The Labute approximate surface area is 588 Å². The summed E-state index contributed by atoms with van der Waals surface area (Å²) < 4.78 is 68.4. The normalized spacial score (nSPS) is 13.9. The first-order valence-corrected chi connectivity index (χ1v) is 43.1. The molecule has 0 saturated carbocycles. The van der Waals surface area contributed by atoms with E-state index in [2.05, 4.69) is 34.6 Å². The molecule has 0 bridgehead atoms. The predicted molar refractivity (Wildman–Crippen MR) is 391 cm³/mol. The summed E-state index contributed by atoms with van der Waals surface area (Å²) in [7, 11) is -9.91. The number of hydrogen-bond acceptors (Lipinski definition) is 15.